The molecule has 1 aromatic heterocycles. The number of aromatic nitrogens is 2. The monoisotopic (exact) mass is 418 g/mol. The van der Waals surface area contributed by atoms with Gasteiger partial charge < -0.3 is 10.2 Å². The normalized spacial score (nSPS) is 29.1. The first-order valence-corrected chi connectivity index (χ1v) is 11.1. The second-order valence-corrected chi connectivity index (χ2v) is 10.1. The minimum Gasteiger partial charge on any atom is -0.351 e. The number of hydrogen-bond donors (Lipinski definition) is 1. The van der Waals surface area contributed by atoms with Crippen LogP contribution in [0.5, 0.6) is 0 Å². The molecule has 1 amide bonds. The Bertz CT molecular complexity index is 876. The van der Waals surface area contributed by atoms with Crippen LogP contribution in [0.1, 0.15) is 41.7 Å². The molecule has 1 aromatic rings. The first-order valence-electron chi connectivity index (χ1n) is 9.33. The van der Waals surface area contributed by atoms with Gasteiger partial charge in [0.15, 0.2) is 15.5 Å². The lowest BCUT2D eigenvalue weighted by Crippen LogP contribution is -2.44. The van der Waals surface area contributed by atoms with Crippen molar-refractivity contribution >= 4 is 21.7 Å². The summed E-state index contributed by atoms with van der Waals surface area (Å²) in [5.74, 6) is -0.493. The summed E-state index contributed by atoms with van der Waals surface area (Å²) >= 11 is 0. The summed E-state index contributed by atoms with van der Waals surface area (Å²) in [6, 6.07) is 0.0636. The molecular formula is C17H21F3N4O3S. The molecule has 28 heavy (non-hydrogen) atoms. The van der Waals surface area contributed by atoms with Crippen LogP contribution < -0.4 is 5.32 Å². The maximum atomic E-state index is 13.6. The van der Waals surface area contributed by atoms with Crippen LogP contribution in [0.3, 0.4) is 0 Å². The van der Waals surface area contributed by atoms with Crippen LogP contribution in [0.25, 0.3) is 0 Å². The van der Waals surface area contributed by atoms with Crippen molar-refractivity contribution in [1.82, 2.24) is 14.9 Å². The van der Waals surface area contributed by atoms with E-state index in [2.05, 4.69) is 15.3 Å². The van der Waals surface area contributed by atoms with Crippen LogP contribution in [0, 0.1) is 11.8 Å². The van der Waals surface area contributed by atoms with Gasteiger partial charge in [0.05, 0.1) is 17.1 Å². The van der Waals surface area contributed by atoms with Crippen LogP contribution in [0.4, 0.5) is 19.1 Å². The number of anilines is 1. The highest BCUT2D eigenvalue weighted by molar-refractivity contribution is 7.91. The molecule has 0 spiro atoms. The molecule has 3 fully saturated rings. The molecule has 1 N–H and O–H groups in total. The number of halogens is 3. The van der Waals surface area contributed by atoms with E-state index in [-0.39, 0.29) is 36.6 Å². The Morgan fingerprint density at radius 2 is 1.89 bits per heavy atom. The highest BCUT2D eigenvalue weighted by Gasteiger charge is 2.42. The predicted octanol–water partition coefficient (Wildman–Crippen LogP) is 1.97. The van der Waals surface area contributed by atoms with Gasteiger partial charge >= 0.3 is 6.18 Å². The first-order chi connectivity index (χ1) is 13.1. The van der Waals surface area contributed by atoms with Crippen molar-refractivity contribution in [3.8, 4) is 0 Å². The molecule has 3 aliphatic rings. The number of fused-ring (bicyclic) bond motifs is 2. The number of hydrogen-bond acceptors (Lipinski definition) is 6. The summed E-state index contributed by atoms with van der Waals surface area (Å²) in [7, 11) is -3.25. The van der Waals surface area contributed by atoms with Gasteiger partial charge in [0, 0.05) is 25.3 Å². The number of sulfone groups is 1. The van der Waals surface area contributed by atoms with E-state index >= 15 is 0 Å². The lowest BCUT2D eigenvalue weighted by Gasteiger charge is -2.27. The smallest absolute Gasteiger partial charge is 0.351 e. The maximum Gasteiger partial charge on any atom is 0.434 e. The molecule has 1 aliphatic heterocycles. The van der Waals surface area contributed by atoms with Gasteiger partial charge in [-0.2, -0.15) is 13.2 Å². The van der Waals surface area contributed by atoms with Crippen LogP contribution in [-0.2, 0) is 16.0 Å². The fourth-order valence-corrected chi connectivity index (χ4v) is 5.70. The number of carbonyl (C=O) groups excluding carboxylic acids is 1. The van der Waals surface area contributed by atoms with Crippen LogP contribution in [-0.4, -0.2) is 59.8 Å². The molecule has 2 heterocycles. The molecular weight excluding hydrogens is 397 g/mol. The molecule has 0 aromatic carbocycles. The number of nitrogens with zero attached hydrogens (tertiary/aromatic N) is 3. The van der Waals surface area contributed by atoms with E-state index < -0.39 is 33.2 Å². The Kier molecular flexibility index (Phi) is 4.75. The summed E-state index contributed by atoms with van der Waals surface area (Å²) in [6.07, 6.45) is 0.285. The largest absolute Gasteiger partial charge is 0.434 e. The Labute approximate surface area is 160 Å². The van der Waals surface area contributed by atoms with Crippen molar-refractivity contribution in [3.63, 3.8) is 0 Å². The van der Waals surface area contributed by atoms with E-state index in [1.165, 1.54) is 0 Å². The van der Waals surface area contributed by atoms with Gasteiger partial charge in [-0.3, -0.25) is 4.79 Å². The molecule has 154 valence electrons. The van der Waals surface area contributed by atoms with Crippen LogP contribution in [0.2, 0.25) is 0 Å². The van der Waals surface area contributed by atoms with Crippen molar-refractivity contribution in [3.05, 3.63) is 17.5 Å². The fraction of sp³-hybridized carbons (Fsp3) is 0.706. The number of alkyl halides is 3. The maximum absolute atomic E-state index is 13.6. The zero-order valence-electron chi connectivity index (χ0n) is 15.1. The third-order valence-electron chi connectivity index (χ3n) is 5.97. The Balaban J connectivity index is 1.56. The Morgan fingerprint density at radius 1 is 1.18 bits per heavy atom. The van der Waals surface area contributed by atoms with Gasteiger partial charge in [0.2, 0.25) is 5.95 Å². The van der Waals surface area contributed by atoms with E-state index in [4.69, 9.17) is 0 Å². The summed E-state index contributed by atoms with van der Waals surface area (Å²) < 4.78 is 63.7. The van der Waals surface area contributed by atoms with Gasteiger partial charge in [-0.05, 0) is 31.1 Å². The van der Waals surface area contributed by atoms with Crippen molar-refractivity contribution in [1.29, 1.82) is 0 Å². The zero-order chi connectivity index (χ0) is 20.1. The highest BCUT2D eigenvalue weighted by Crippen LogP contribution is 2.45. The third-order valence-corrected chi connectivity index (χ3v) is 7.58. The predicted molar refractivity (Wildman–Crippen MR) is 94.5 cm³/mol. The topological polar surface area (TPSA) is 92.3 Å². The van der Waals surface area contributed by atoms with Gasteiger partial charge in [-0.15, -0.1) is 0 Å². The fourth-order valence-electron chi connectivity index (χ4n) is 4.50. The van der Waals surface area contributed by atoms with Crippen LogP contribution >= 0.6 is 0 Å². The first kappa shape index (κ1) is 19.4. The lowest BCUT2D eigenvalue weighted by atomic mass is 9.95. The molecule has 2 saturated carbocycles. The molecule has 7 nitrogen and oxygen atoms in total. The van der Waals surface area contributed by atoms with Gasteiger partial charge in [-0.1, -0.05) is 6.42 Å². The van der Waals surface area contributed by atoms with Crippen molar-refractivity contribution in [2.75, 3.05) is 29.9 Å². The lowest BCUT2D eigenvalue weighted by molar-refractivity contribution is -0.141. The molecule has 2 bridgehead atoms. The summed E-state index contributed by atoms with van der Waals surface area (Å²) in [4.78, 5) is 21.3. The molecule has 4 rings (SSSR count). The second kappa shape index (κ2) is 6.85. The standard InChI is InChI=1S/C17H21F3N4O3S/c18-17(19,20)14-12(15(25)24-3-5-28(26,27)6-4-24)9-21-16(23-14)22-13-8-10-1-2-11(13)7-10/h9-11,13H,1-8H2,(H,21,22,23)/t10-,11+,13+/m0/s1. The van der Waals surface area contributed by atoms with Crippen molar-refractivity contribution in [2.24, 2.45) is 11.8 Å². The molecule has 2 aliphatic carbocycles. The number of rotatable bonds is 3. The molecule has 0 radical (unpaired) electrons. The minimum atomic E-state index is -4.82. The number of nitrogens with one attached hydrogen (secondary N) is 1. The minimum absolute atomic E-state index is 0.0636. The van der Waals surface area contributed by atoms with Crippen molar-refractivity contribution < 1.29 is 26.4 Å². The second-order valence-electron chi connectivity index (χ2n) is 7.82. The van der Waals surface area contributed by atoms with Crippen molar-refractivity contribution in [2.45, 2.75) is 37.9 Å². The average molecular weight is 418 g/mol. The van der Waals surface area contributed by atoms with E-state index in [1.54, 1.807) is 0 Å². The van der Waals surface area contributed by atoms with Crippen LogP contribution in [0.15, 0.2) is 6.20 Å². The van der Waals surface area contributed by atoms with E-state index in [0.29, 0.717) is 11.8 Å². The van der Waals surface area contributed by atoms with E-state index in [9.17, 15) is 26.4 Å². The third kappa shape index (κ3) is 3.81. The van der Waals surface area contributed by atoms with E-state index in [1.807, 2.05) is 0 Å². The van der Waals surface area contributed by atoms with Gasteiger partial charge in [0.1, 0.15) is 0 Å². The summed E-state index contributed by atoms with van der Waals surface area (Å²) in [5, 5.41) is 3.01. The summed E-state index contributed by atoms with van der Waals surface area (Å²) in [5.41, 5.74) is -1.93. The zero-order valence-corrected chi connectivity index (χ0v) is 15.9. The Morgan fingerprint density at radius 3 is 2.46 bits per heavy atom. The molecule has 1 saturated heterocycles. The average Bonchev–Trinajstić information content (AvgIpc) is 3.23. The van der Waals surface area contributed by atoms with E-state index in [0.717, 1.165) is 36.8 Å². The Hall–Kier alpha value is -1.91. The number of amides is 1. The van der Waals surface area contributed by atoms with Gasteiger partial charge in [-0.25, -0.2) is 18.4 Å². The number of carbonyl (C=O) groups is 1. The highest BCUT2D eigenvalue weighted by atomic mass is 32.2. The molecule has 0 unspecified atom stereocenters. The quantitative estimate of drug-likeness (QED) is 0.807. The van der Waals surface area contributed by atoms with Gasteiger partial charge in [0.25, 0.3) is 5.91 Å². The SMILES string of the molecule is O=C(c1cnc(N[C@@H]2C[C@H]3CC[C@@H]2C3)nc1C(F)(F)F)N1CCS(=O)(=O)CC1. The molecule has 11 heteroatoms. The summed E-state index contributed by atoms with van der Waals surface area (Å²) in [6.45, 7) is -0.271. The molecule has 3 atom stereocenters.